The van der Waals surface area contributed by atoms with Crippen LogP contribution in [-0.4, -0.2) is 28.3 Å². The number of anilines is 1. The molecule has 0 atom stereocenters. The molecule has 0 aliphatic rings. The van der Waals surface area contributed by atoms with Gasteiger partial charge in [-0.05, 0) is 35.2 Å². The summed E-state index contributed by atoms with van der Waals surface area (Å²) in [4.78, 5) is 30.2. The van der Waals surface area contributed by atoms with Crippen molar-refractivity contribution in [3.8, 4) is 5.75 Å². The first-order valence-corrected chi connectivity index (χ1v) is 11.6. The first kappa shape index (κ1) is 21.4. The number of halogens is 1. The molecule has 0 saturated carbocycles. The number of fused-ring (bicyclic) bond motifs is 1. The van der Waals surface area contributed by atoms with Gasteiger partial charge in [-0.1, -0.05) is 47.6 Å². The molecule has 9 heteroatoms. The first-order chi connectivity index (χ1) is 15.0. The fourth-order valence-electron chi connectivity index (χ4n) is 3.00. The van der Waals surface area contributed by atoms with E-state index >= 15 is 0 Å². The lowest BCUT2D eigenvalue weighted by atomic mass is 10.2. The molecule has 4 rings (SSSR count). The van der Waals surface area contributed by atoms with Crippen LogP contribution in [0.4, 0.5) is 5.69 Å². The Morgan fingerprint density at radius 3 is 2.87 bits per heavy atom. The number of thioether (sulfide) groups is 1. The summed E-state index contributed by atoms with van der Waals surface area (Å²) < 4.78 is 7.33. The Hall–Kier alpha value is -2.81. The summed E-state index contributed by atoms with van der Waals surface area (Å²) in [7, 11) is 1.57. The van der Waals surface area contributed by atoms with Crippen LogP contribution in [0.25, 0.3) is 10.2 Å². The number of hydrogen-bond acceptors (Lipinski definition) is 6. The number of nitrogens with zero attached hydrogens (tertiary/aromatic N) is 2. The summed E-state index contributed by atoms with van der Waals surface area (Å²) in [6, 6.07) is 16.3. The Balaban J connectivity index is 1.58. The van der Waals surface area contributed by atoms with Crippen molar-refractivity contribution in [2.24, 2.45) is 0 Å². The average Bonchev–Trinajstić information content (AvgIpc) is 3.25. The Morgan fingerprint density at radius 1 is 1.23 bits per heavy atom. The zero-order chi connectivity index (χ0) is 21.8. The number of carbonyl (C=O) groups is 1. The lowest BCUT2D eigenvalue weighted by Crippen LogP contribution is -2.24. The number of carbonyl (C=O) groups excluding carboxylic acids is 1. The standard InChI is InChI=1S/C22H18ClN3O3S2/c1-29-16-7-4-6-15(11-16)24-19(27)13-31-22-25-18-9-10-30-20(18)21(28)26(22)12-14-5-2-3-8-17(14)23/h2-11H,12-13H2,1H3,(H,24,27). The van der Waals surface area contributed by atoms with Gasteiger partial charge in [0.1, 0.15) is 10.4 Å². The van der Waals surface area contributed by atoms with Crippen molar-refractivity contribution in [1.82, 2.24) is 9.55 Å². The number of aromatic nitrogens is 2. The van der Waals surface area contributed by atoms with E-state index in [2.05, 4.69) is 10.3 Å². The zero-order valence-corrected chi connectivity index (χ0v) is 18.9. The molecule has 31 heavy (non-hydrogen) atoms. The molecule has 0 bridgehead atoms. The van der Waals surface area contributed by atoms with Gasteiger partial charge < -0.3 is 10.1 Å². The van der Waals surface area contributed by atoms with Gasteiger partial charge in [0.15, 0.2) is 5.16 Å². The molecule has 0 fully saturated rings. The van der Waals surface area contributed by atoms with Crippen molar-refractivity contribution < 1.29 is 9.53 Å². The molecule has 0 radical (unpaired) electrons. The van der Waals surface area contributed by atoms with Crippen LogP contribution in [0.2, 0.25) is 5.02 Å². The number of nitrogens with one attached hydrogen (secondary N) is 1. The summed E-state index contributed by atoms with van der Waals surface area (Å²) in [6.45, 7) is 0.277. The summed E-state index contributed by atoms with van der Waals surface area (Å²) in [5, 5.41) is 5.72. The number of thiophene rings is 1. The van der Waals surface area contributed by atoms with E-state index in [1.165, 1.54) is 23.1 Å². The van der Waals surface area contributed by atoms with Crippen LogP contribution in [0, 0.1) is 0 Å². The lowest BCUT2D eigenvalue weighted by Gasteiger charge is -2.13. The van der Waals surface area contributed by atoms with Gasteiger partial charge in [0.05, 0.1) is 24.9 Å². The Bertz CT molecular complexity index is 1300. The molecular weight excluding hydrogens is 454 g/mol. The maximum Gasteiger partial charge on any atom is 0.272 e. The van der Waals surface area contributed by atoms with Crippen LogP contribution >= 0.6 is 34.7 Å². The lowest BCUT2D eigenvalue weighted by molar-refractivity contribution is -0.113. The Kier molecular flexibility index (Phi) is 6.60. The second kappa shape index (κ2) is 9.55. The topological polar surface area (TPSA) is 73.2 Å². The summed E-state index contributed by atoms with van der Waals surface area (Å²) in [5.74, 6) is 0.549. The summed E-state index contributed by atoms with van der Waals surface area (Å²) >= 11 is 8.87. The van der Waals surface area contributed by atoms with E-state index in [1.54, 1.807) is 42.0 Å². The number of methoxy groups -OCH3 is 1. The van der Waals surface area contributed by atoms with Crippen molar-refractivity contribution >= 4 is 56.5 Å². The van der Waals surface area contributed by atoms with Crippen molar-refractivity contribution in [3.63, 3.8) is 0 Å². The van der Waals surface area contributed by atoms with E-state index in [9.17, 15) is 9.59 Å². The minimum absolute atomic E-state index is 0.0990. The molecule has 2 aromatic carbocycles. The second-order valence-electron chi connectivity index (χ2n) is 6.58. The van der Waals surface area contributed by atoms with Crippen LogP contribution in [0.5, 0.6) is 5.75 Å². The van der Waals surface area contributed by atoms with Gasteiger partial charge in [0.2, 0.25) is 5.91 Å². The fourth-order valence-corrected chi connectivity index (χ4v) is 4.77. The minimum atomic E-state index is -0.206. The highest BCUT2D eigenvalue weighted by molar-refractivity contribution is 7.99. The van der Waals surface area contributed by atoms with Gasteiger partial charge in [-0.15, -0.1) is 11.3 Å². The van der Waals surface area contributed by atoms with Gasteiger partial charge in [-0.2, -0.15) is 0 Å². The Morgan fingerprint density at radius 2 is 2.06 bits per heavy atom. The van der Waals surface area contributed by atoms with Gasteiger partial charge in [0.25, 0.3) is 5.56 Å². The highest BCUT2D eigenvalue weighted by Gasteiger charge is 2.15. The molecule has 0 spiro atoms. The van der Waals surface area contributed by atoms with Crippen LogP contribution in [0.1, 0.15) is 5.56 Å². The van der Waals surface area contributed by atoms with Gasteiger partial charge in [0, 0.05) is 16.8 Å². The van der Waals surface area contributed by atoms with Crippen molar-refractivity contribution in [3.05, 3.63) is 80.9 Å². The molecule has 4 aromatic rings. The molecular formula is C22H18ClN3O3S2. The van der Waals surface area contributed by atoms with E-state index in [1.807, 2.05) is 29.6 Å². The van der Waals surface area contributed by atoms with Crippen molar-refractivity contribution in [1.29, 1.82) is 0 Å². The molecule has 158 valence electrons. The maximum absolute atomic E-state index is 13.1. The number of rotatable bonds is 7. The quantitative estimate of drug-likeness (QED) is 0.306. The highest BCUT2D eigenvalue weighted by atomic mass is 35.5. The molecule has 0 saturated heterocycles. The van der Waals surface area contributed by atoms with E-state index in [0.29, 0.717) is 31.8 Å². The number of ether oxygens (including phenoxy) is 1. The van der Waals surface area contributed by atoms with Crippen LogP contribution < -0.4 is 15.6 Å². The van der Waals surface area contributed by atoms with Gasteiger partial charge in [-0.3, -0.25) is 14.2 Å². The molecule has 0 unspecified atom stereocenters. The van der Waals surface area contributed by atoms with Gasteiger partial charge in [-0.25, -0.2) is 4.98 Å². The molecule has 1 N–H and O–H groups in total. The number of benzene rings is 2. The predicted molar refractivity (Wildman–Crippen MR) is 127 cm³/mol. The molecule has 6 nitrogen and oxygen atoms in total. The van der Waals surface area contributed by atoms with E-state index in [0.717, 1.165) is 5.56 Å². The summed E-state index contributed by atoms with van der Waals surface area (Å²) in [6.07, 6.45) is 0. The second-order valence-corrected chi connectivity index (χ2v) is 8.85. The number of amides is 1. The first-order valence-electron chi connectivity index (χ1n) is 9.33. The summed E-state index contributed by atoms with van der Waals surface area (Å²) in [5.41, 5.74) is 1.93. The van der Waals surface area contributed by atoms with Crippen molar-refractivity contribution in [2.45, 2.75) is 11.7 Å². The maximum atomic E-state index is 13.1. The van der Waals surface area contributed by atoms with E-state index in [4.69, 9.17) is 16.3 Å². The van der Waals surface area contributed by atoms with Crippen molar-refractivity contribution in [2.75, 3.05) is 18.2 Å². The van der Waals surface area contributed by atoms with E-state index in [-0.39, 0.29) is 23.8 Å². The third-order valence-electron chi connectivity index (χ3n) is 4.50. The normalized spacial score (nSPS) is 10.9. The number of hydrogen-bond donors (Lipinski definition) is 1. The average molecular weight is 472 g/mol. The SMILES string of the molecule is COc1cccc(NC(=O)CSc2nc3ccsc3c(=O)n2Cc2ccccc2Cl)c1. The van der Waals surface area contributed by atoms with Gasteiger partial charge >= 0.3 is 0 Å². The van der Waals surface area contributed by atoms with E-state index < -0.39 is 0 Å². The molecule has 2 aromatic heterocycles. The molecule has 1 amide bonds. The predicted octanol–water partition coefficient (Wildman–Crippen LogP) is 4.90. The largest absolute Gasteiger partial charge is 0.497 e. The third-order valence-corrected chi connectivity index (χ3v) is 6.74. The molecule has 2 heterocycles. The molecule has 0 aliphatic carbocycles. The third kappa shape index (κ3) is 4.92. The minimum Gasteiger partial charge on any atom is -0.497 e. The molecule has 0 aliphatic heterocycles. The Labute approximate surface area is 191 Å². The van der Waals surface area contributed by atoms with Crippen LogP contribution in [-0.2, 0) is 11.3 Å². The fraction of sp³-hybridized carbons (Fsp3) is 0.136. The zero-order valence-electron chi connectivity index (χ0n) is 16.5. The van der Waals surface area contributed by atoms with Crippen LogP contribution in [0.3, 0.4) is 0 Å². The highest BCUT2D eigenvalue weighted by Crippen LogP contribution is 2.24. The van der Waals surface area contributed by atoms with Crippen LogP contribution in [0.15, 0.2) is 69.9 Å². The smallest absolute Gasteiger partial charge is 0.272 e. The monoisotopic (exact) mass is 471 g/mol.